The van der Waals surface area contributed by atoms with Gasteiger partial charge >= 0.3 is 0 Å². The molecule has 0 radical (unpaired) electrons. The van der Waals surface area contributed by atoms with E-state index in [4.69, 9.17) is 19.4 Å². The minimum Gasteiger partial charge on any atom is -0.456 e. The lowest BCUT2D eigenvalue weighted by Gasteiger charge is -2.14. The van der Waals surface area contributed by atoms with Crippen molar-refractivity contribution >= 4 is 21.9 Å². The average molecular weight is 729 g/mol. The molecule has 0 spiro atoms. The largest absolute Gasteiger partial charge is 0.456 e. The highest BCUT2D eigenvalue weighted by Gasteiger charge is 2.19. The first kappa shape index (κ1) is 33.6. The molecular formula is C52H32N4O. The molecule has 0 amide bonds. The number of hydrogen-bond acceptors (Lipinski definition) is 5. The van der Waals surface area contributed by atoms with E-state index in [9.17, 15) is 5.26 Å². The van der Waals surface area contributed by atoms with E-state index in [1.165, 1.54) is 11.1 Å². The zero-order chi connectivity index (χ0) is 38.1. The number of nitriles is 1. The van der Waals surface area contributed by atoms with E-state index < -0.39 is 0 Å². The first-order valence-electron chi connectivity index (χ1n) is 18.8. The number of fused-ring (bicyclic) bond motifs is 3. The Morgan fingerprint density at radius 3 is 1.63 bits per heavy atom. The lowest BCUT2D eigenvalue weighted by Crippen LogP contribution is -2.01. The van der Waals surface area contributed by atoms with Crippen molar-refractivity contribution in [2.45, 2.75) is 0 Å². The van der Waals surface area contributed by atoms with Crippen molar-refractivity contribution < 1.29 is 4.42 Å². The number of nitrogens with zero attached hydrogens (tertiary/aromatic N) is 4. The van der Waals surface area contributed by atoms with E-state index in [2.05, 4.69) is 103 Å². The Morgan fingerprint density at radius 2 is 0.895 bits per heavy atom. The molecule has 0 N–H and O–H groups in total. The fraction of sp³-hybridized carbons (Fsp3) is 0. The molecule has 0 atom stereocenters. The standard InChI is InChI=1S/C52H32N4O/c53-33-34-12-10-19-40(30-34)41-26-28-44(46(31-41)37-15-6-2-7-16-37)52-55-50(39-17-8-3-9-18-39)54-51(56-52)42-27-29-45-48(32-42)57-47-21-11-20-43(49(45)47)38-24-22-36(23-25-38)35-13-4-1-5-14-35/h1-32H. The highest BCUT2D eigenvalue weighted by Crippen LogP contribution is 2.40. The predicted octanol–water partition coefficient (Wildman–Crippen LogP) is 13.3. The Labute approximate surface area is 329 Å². The first-order valence-corrected chi connectivity index (χ1v) is 18.8. The van der Waals surface area contributed by atoms with Crippen molar-refractivity contribution in [3.05, 3.63) is 200 Å². The van der Waals surface area contributed by atoms with Crippen LogP contribution < -0.4 is 0 Å². The lowest BCUT2D eigenvalue weighted by molar-refractivity contribution is 0.669. The molecule has 0 unspecified atom stereocenters. The molecule has 57 heavy (non-hydrogen) atoms. The second kappa shape index (κ2) is 14.4. The first-order chi connectivity index (χ1) is 28.2. The van der Waals surface area contributed by atoms with E-state index in [1.807, 2.05) is 97.1 Å². The second-order valence-corrected chi connectivity index (χ2v) is 13.9. The van der Waals surface area contributed by atoms with Crippen LogP contribution in [0.4, 0.5) is 0 Å². The topological polar surface area (TPSA) is 75.6 Å². The summed E-state index contributed by atoms with van der Waals surface area (Å²) in [6.07, 6.45) is 0. The fourth-order valence-electron chi connectivity index (χ4n) is 7.56. The van der Waals surface area contributed by atoms with Gasteiger partial charge in [-0.15, -0.1) is 0 Å². The molecule has 10 aromatic rings. The van der Waals surface area contributed by atoms with Gasteiger partial charge in [0.2, 0.25) is 0 Å². The van der Waals surface area contributed by atoms with Crippen LogP contribution in [0.5, 0.6) is 0 Å². The summed E-state index contributed by atoms with van der Waals surface area (Å²) >= 11 is 0. The van der Waals surface area contributed by atoms with E-state index in [0.29, 0.717) is 23.0 Å². The summed E-state index contributed by atoms with van der Waals surface area (Å²) < 4.78 is 6.56. The summed E-state index contributed by atoms with van der Waals surface area (Å²) in [6.45, 7) is 0. The SMILES string of the molecule is N#Cc1cccc(-c2ccc(-c3nc(-c4ccccc4)nc(-c4ccc5c(c4)oc4cccc(-c6ccc(-c7ccccc7)cc6)c45)n3)c(-c3ccccc3)c2)c1. The van der Waals surface area contributed by atoms with Gasteiger partial charge in [0.1, 0.15) is 11.2 Å². The van der Waals surface area contributed by atoms with Crippen LogP contribution in [0.2, 0.25) is 0 Å². The van der Waals surface area contributed by atoms with Crippen molar-refractivity contribution in [1.82, 2.24) is 15.0 Å². The van der Waals surface area contributed by atoms with Crippen LogP contribution in [0.15, 0.2) is 199 Å². The molecule has 0 bridgehead atoms. The lowest BCUT2D eigenvalue weighted by atomic mass is 9.93. The number of benzene rings is 8. The molecule has 0 aliphatic carbocycles. The maximum Gasteiger partial charge on any atom is 0.164 e. The Kier molecular flexibility index (Phi) is 8.48. The van der Waals surface area contributed by atoms with E-state index >= 15 is 0 Å². The maximum atomic E-state index is 9.59. The van der Waals surface area contributed by atoms with E-state index in [1.54, 1.807) is 0 Å². The van der Waals surface area contributed by atoms with Crippen LogP contribution in [-0.2, 0) is 0 Å². The molecule has 0 aliphatic rings. The van der Waals surface area contributed by atoms with Crippen LogP contribution in [-0.4, -0.2) is 15.0 Å². The highest BCUT2D eigenvalue weighted by molar-refractivity contribution is 6.13. The summed E-state index contributed by atoms with van der Waals surface area (Å²) in [4.78, 5) is 15.3. The fourth-order valence-corrected chi connectivity index (χ4v) is 7.56. The van der Waals surface area contributed by atoms with Gasteiger partial charge in [-0.25, -0.2) is 15.0 Å². The van der Waals surface area contributed by atoms with Crippen molar-refractivity contribution in [2.75, 3.05) is 0 Å². The molecule has 266 valence electrons. The quantitative estimate of drug-likeness (QED) is 0.163. The second-order valence-electron chi connectivity index (χ2n) is 13.9. The van der Waals surface area contributed by atoms with Crippen LogP contribution in [0, 0.1) is 11.3 Å². The summed E-state index contributed by atoms with van der Waals surface area (Å²) in [5, 5.41) is 11.7. The molecule has 0 fully saturated rings. The van der Waals surface area contributed by atoms with Crippen LogP contribution in [0.1, 0.15) is 5.56 Å². The molecule has 8 aromatic carbocycles. The Morgan fingerprint density at radius 1 is 0.351 bits per heavy atom. The number of rotatable bonds is 7. The summed E-state index contributed by atoms with van der Waals surface area (Å²) in [5.41, 5.74) is 13.3. The molecule has 5 nitrogen and oxygen atoms in total. The van der Waals surface area contributed by atoms with Crippen molar-refractivity contribution in [3.8, 4) is 84.7 Å². The van der Waals surface area contributed by atoms with Crippen LogP contribution in [0.3, 0.4) is 0 Å². The third-order valence-electron chi connectivity index (χ3n) is 10.4. The smallest absolute Gasteiger partial charge is 0.164 e. The van der Waals surface area contributed by atoms with Gasteiger partial charge in [0.25, 0.3) is 0 Å². The summed E-state index contributed by atoms with van der Waals surface area (Å²) in [7, 11) is 0. The Hall–Kier alpha value is -7.94. The molecule has 2 heterocycles. The van der Waals surface area contributed by atoms with Gasteiger partial charge in [0.15, 0.2) is 17.5 Å². The minimum atomic E-state index is 0.544. The minimum absolute atomic E-state index is 0.544. The van der Waals surface area contributed by atoms with E-state index in [0.717, 1.165) is 72.0 Å². The summed E-state index contributed by atoms with van der Waals surface area (Å²) in [6, 6.07) is 68.1. The van der Waals surface area contributed by atoms with Crippen molar-refractivity contribution in [1.29, 1.82) is 5.26 Å². The molecule has 5 heteroatoms. The molecule has 10 rings (SSSR count). The van der Waals surface area contributed by atoms with Gasteiger partial charge in [-0.05, 0) is 87.0 Å². The maximum absolute atomic E-state index is 9.59. The zero-order valence-corrected chi connectivity index (χ0v) is 30.7. The van der Waals surface area contributed by atoms with Gasteiger partial charge in [-0.1, -0.05) is 152 Å². The third kappa shape index (κ3) is 6.42. The monoisotopic (exact) mass is 728 g/mol. The van der Waals surface area contributed by atoms with Gasteiger partial charge in [0, 0.05) is 27.5 Å². The van der Waals surface area contributed by atoms with Crippen LogP contribution in [0.25, 0.3) is 101 Å². The highest BCUT2D eigenvalue weighted by atomic mass is 16.3. The number of furan rings is 1. The van der Waals surface area contributed by atoms with Crippen molar-refractivity contribution in [3.63, 3.8) is 0 Å². The number of hydrogen-bond donors (Lipinski definition) is 0. The van der Waals surface area contributed by atoms with Crippen molar-refractivity contribution in [2.24, 2.45) is 0 Å². The molecule has 0 saturated heterocycles. The molecular weight excluding hydrogens is 697 g/mol. The summed E-state index contributed by atoms with van der Waals surface area (Å²) in [5.74, 6) is 1.68. The Balaban J connectivity index is 1.11. The molecule has 0 aliphatic heterocycles. The normalized spacial score (nSPS) is 11.1. The number of aromatic nitrogens is 3. The average Bonchev–Trinajstić information content (AvgIpc) is 3.68. The van der Waals surface area contributed by atoms with Gasteiger partial charge < -0.3 is 4.42 Å². The third-order valence-corrected chi connectivity index (χ3v) is 10.4. The molecule has 2 aromatic heterocycles. The van der Waals surface area contributed by atoms with Gasteiger partial charge in [-0.2, -0.15) is 5.26 Å². The van der Waals surface area contributed by atoms with Gasteiger partial charge in [-0.3, -0.25) is 0 Å². The van der Waals surface area contributed by atoms with Crippen LogP contribution >= 0.6 is 0 Å². The zero-order valence-electron chi connectivity index (χ0n) is 30.7. The van der Waals surface area contributed by atoms with Gasteiger partial charge in [0.05, 0.1) is 11.6 Å². The Bertz CT molecular complexity index is 3110. The predicted molar refractivity (Wildman–Crippen MR) is 230 cm³/mol. The van der Waals surface area contributed by atoms with E-state index in [-0.39, 0.29) is 0 Å². The molecule has 0 saturated carbocycles.